The number of nitrogens with two attached hydrogens (primary N) is 1. The van der Waals surface area contributed by atoms with Crippen LogP contribution in [0.15, 0.2) is 15.7 Å². The van der Waals surface area contributed by atoms with Crippen LogP contribution in [-0.4, -0.2) is 81.4 Å². The molecule has 2 atom stereocenters. The first-order valence-corrected chi connectivity index (χ1v) is 11.0. The zero-order valence-corrected chi connectivity index (χ0v) is 18.6. The van der Waals surface area contributed by atoms with Gasteiger partial charge in [-0.1, -0.05) is 10.3 Å². The molecule has 2 heterocycles. The molecule has 0 radical (unpaired) electrons. The molecule has 32 heavy (non-hydrogen) atoms. The van der Waals surface area contributed by atoms with Crippen molar-refractivity contribution in [3.63, 3.8) is 0 Å². The fourth-order valence-electron chi connectivity index (χ4n) is 2.32. The summed E-state index contributed by atoms with van der Waals surface area (Å²) in [6.45, 7) is 4.36. The van der Waals surface area contributed by atoms with Crippen molar-refractivity contribution in [2.24, 2.45) is 10.3 Å². The van der Waals surface area contributed by atoms with E-state index in [0.717, 1.165) is 11.3 Å². The number of oxime groups is 2. The first-order valence-electron chi connectivity index (χ1n) is 8.68. The van der Waals surface area contributed by atoms with Crippen LogP contribution >= 0.6 is 11.3 Å². The number of carboxylic acid groups (broad SMARTS) is 1. The zero-order valence-electron chi connectivity index (χ0n) is 17.0. The minimum atomic E-state index is -4.98. The minimum absolute atomic E-state index is 0.0477. The van der Waals surface area contributed by atoms with E-state index in [1.807, 2.05) is 0 Å². The molecular weight excluding hydrogens is 472 g/mol. The minimum Gasteiger partial charge on any atom is -0.477 e. The number of hydrogen-bond donors (Lipinski definition) is 4. The molecule has 2 rings (SSSR count). The van der Waals surface area contributed by atoms with E-state index in [9.17, 15) is 27.4 Å². The van der Waals surface area contributed by atoms with Gasteiger partial charge in [-0.2, -0.15) is 8.42 Å². The van der Waals surface area contributed by atoms with Crippen molar-refractivity contribution < 1.29 is 42.1 Å². The van der Waals surface area contributed by atoms with Crippen molar-refractivity contribution in [2.45, 2.75) is 38.5 Å². The van der Waals surface area contributed by atoms with Gasteiger partial charge in [0.2, 0.25) is 0 Å². The molecule has 2 amide bonds. The Hall–Kier alpha value is -3.31. The number of nitrogen functional groups attached to an aromatic ring is 1. The molecule has 15 nitrogen and oxygen atoms in total. The van der Waals surface area contributed by atoms with E-state index in [4.69, 9.17) is 15.7 Å². The largest absolute Gasteiger partial charge is 0.477 e. The number of aromatic nitrogens is 1. The maximum Gasteiger partial charge on any atom is 0.362 e. The van der Waals surface area contributed by atoms with Crippen LogP contribution in [-0.2, 0) is 34.4 Å². The Kier molecular flexibility index (Phi) is 7.37. The van der Waals surface area contributed by atoms with E-state index in [1.165, 1.54) is 5.38 Å². The predicted octanol–water partition coefficient (Wildman–Crippen LogP) is -1.17. The van der Waals surface area contributed by atoms with Crippen LogP contribution in [0.4, 0.5) is 5.13 Å². The van der Waals surface area contributed by atoms with Crippen molar-refractivity contribution in [1.82, 2.24) is 14.6 Å². The fourth-order valence-corrected chi connectivity index (χ4v) is 3.73. The monoisotopic (exact) mass is 492 g/mol. The number of hydrogen-bond acceptors (Lipinski definition) is 12. The highest BCUT2D eigenvalue weighted by Crippen LogP contribution is 2.24. The number of carbonyl (C=O) groups excluding carboxylic acids is 2. The van der Waals surface area contributed by atoms with Gasteiger partial charge in [-0.25, -0.2) is 14.1 Å². The van der Waals surface area contributed by atoms with E-state index in [2.05, 4.69) is 25.4 Å². The van der Waals surface area contributed by atoms with Gasteiger partial charge < -0.3 is 25.8 Å². The van der Waals surface area contributed by atoms with E-state index >= 15 is 0 Å². The SMILES string of the molecule is CC(C)(C)ON=C(C(=O)NC1C(=O)N(S(=O)(=O)O)C1CON=CC(=O)O)c1csc(N)n1. The molecule has 17 heteroatoms. The number of aliphatic carboxylic acids is 1. The Morgan fingerprint density at radius 3 is 2.59 bits per heavy atom. The van der Waals surface area contributed by atoms with E-state index < -0.39 is 52.4 Å². The lowest BCUT2D eigenvalue weighted by atomic mass is 9.99. The highest BCUT2D eigenvalue weighted by atomic mass is 32.2. The van der Waals surface area contributed by atoms with Crippen molar-refractivity contribution in [3.8, 4) is 0 Å². The molecule has 0 spiro atoms. The van der Waals surface area contributed by atoms with Crippen molar-refractivity contribution >= 4 is 56.5 Å². The molecule has 176 valence electrons. The average molecular weight is 492 g/mol. The Balaban J connectivity index is 2.25. The highest BCUT2D eigenvalue weighted by Gasteiger charge is 2.55. The number of β-lactam (4-membered cyclic amide) rings is 1. The summed E-state index contributed by atoms with van der Waals surface area (Å²) in [4.78, 5) is 49.4. The summed E-state index contributed by atoms with van der Waals surface area (Å²) in [6.07, 6.45) is 0.382. The summed E-state index contributed by atoms with van der Waals surface area (Å²) in [5.74, 6) is -3.55. The van der Waals surface area contributed by atoms with E-state index in [0.29, 0.717) is 6.21 Å². The topological polar surface area (TPSA) is 223 Å². The molecule has 5 N–H and O–H groups in total. The Morgan fingerprint density at radius 2 is 2.09 bits per heavy atom. The van der Waals surface area contributed by atoms with Crippen LogP contribution in [0.3, 0.4) is 0 Å². The Bertz CT molecular complexity index is 1060. The van der Waals surface area contributed by atoms with Gasteiger partial charge in [-0.15, -0.1) is 11.3 Å². The maximum atomic E-state index is 12.8. The second kappa shape index (κ2) is 9.45. The van der Waals surface area contributed by atoms with Gasteiger partial charge in [0.25, 0.3) is 11.8 Å². The van der Waals surface area contributed by atoms with Gasteiger partial charge in [0.1, 0.15) is 30.0 Å². The van der Waals surface area contributed by atoms with Crippen LogP contribution in [0.1, 0.15) is 26.5 Å². The molecule has 2 unspecified atom stereocenters. The molecule has 0 saturated carbocycles. The lowest BCUT2D eigenvalue weighted by molar-refractivity contribution is -0.147. The van der Waals surface area contributed by atoms with E-state index in [-0.39, 0.29) is 20.8 Å². The normalized spacial score (nSPS) is 19.6. The summed E-state index contributed by atoms with van der Waals surface area (Å²) < 4.78 is 32.3. The molecule has 0 aliphatic carbocycles. The average Bonchev–Trinajstić information content (AvgIpc) is 3.05. The molecule has 1 aliphatic rings. The standard InChI is InChI=1S/C15H20N6O9S2/c1-15(2,3)30-20-10(7-6-31-14(16)18-7)12(24)19-11-8(5-29-17-4-9(22)23)21(13(11)25)32(26,27)28/h4,6,8,11H,5H2,1-3H3,(H2,16,18)(H,19,24)(H,22,23)(H,26,27,28). The van der Waals surface area contributed by atoms with Crippen molar-refractivity contribution in [1.29, 1.82) is 0 Å². The molecule has 1 aromatic rings. The number of carbonyl (C=O) groups is 3. The maximum absolute atomic E-state index is 12.8. The van der Waals surface area contributed by atoms with Crippen LogP contribution in [0.25, 0.3) is 0 Å². The Morgan fingerprint density at radius 1 is 1.44 bits per heavy atom. The highest BCUT2D eigenvalue weighted by molar-refractivity contribution is 7.84. The van der Waals surface area contributed by atoms with Gasteiger partial charge >= 0.3 is 16.3 Å². The number of nitrogens with one attached hydrogen (secondary N) is 1. The third-order valence-corrected chi connectivity index (χ3v) is 5.20. The third kappa shape index (κ3) is 6.34. The summed E-state index contributed by atoms with van der Waals surface area (Å²) >= 11 is 1.02. The van der Waals surface area contributed by atoms with Gasteiger partial charge in [-0.05, 0) is 20.8 Å². The van der Waals surface area contributed by atoms with Gasteiger partial charge in [0.15, 0.2) is 17.1 Å². The van der Waals surface area contributed by atoms with Crippen LogP contribution in [0, 0.1) is 0 Å². The van der Waals surface area contributed by atoms with Gasteiger partial charge in [0, 0.05) is 5.38 Å². The summed E-state index contributed by atoms with van der Waals surface area (Å²) in [6, 6.07) is -2.89. The van der Waals surface area contributed by atoms with Gasteiger partial charge in [-0.3, -0.25) is 14.1 Å². The number of anilines is 1. The second-order valence-corrected chi connectivity index (χ2v) is 9.39. The Labute approximate surface area is 185 Å². The molecule has 0 aromatic carbocycles. The first-order chi connectivity index (χ1) is 14.7. The first kappa shape index (κ1) is 25.0. The second-order valence-electron chi connectivity index (χ2n) is 7.21. The summed E-state index contributed by atoms with van der Waals surface area (Å²) in [5, 5.41) is 19.2. The van der Waals surface area contributed by atoms with Crippen LogP contribution in [0.2, 0.25) is 0 Å². The molecule has 1 saturated heterocycles. The van der Waals surface area contributed by atoms with Crippen molar-refractivity contribution in [2.75, 3.05) is 12.3 Å². The fraction of sp³-hybridized carbons (Fsp3) is 0.467. The third-order valence-electron chi connectivity index (χ3n) is 3.58. The quantitative estimate of drug-likeness (QED) is 0.139. The lowest BCUT2D eigenvalue weighted by Gasteiger charge is -2.43. The summed E-state index contributed by atoms with van der Waals surface area (Å²) in [5.41, 5.74) is 4.52. The molecule has 1 aromatic heterocycles. The molecule has 0 bridgehead atoms. The number of thiazole rings is 1. The van der Waals surface area contributed by atoms with E-state index in [1.54, 1.807) is 20.8 Å². The number of rotatable bonds is 9. The molecule has 1 aliphatic heterocycles. The lowest BCUT2D eigenvalue weighted by Crippen LogP contribution is -2.73. The van der Waals surface area contributed by atoms with Crippen molar-refractivity contribution in [3.05, 3.63) is 11.1 Å². The zero-order chi connectivity index (χ0) is 24.3. The van der Waals surface area contributed by atoms with Gasteiger partial charge in [0.05, 0.1) is 0 Å². The smallest absolute Gasteiger partial charge is 0.362 e. The molecule has 1 fully saturated rings. The number of amides is 2. The predicted molar refractivity (Wildman–Crippen MR) is 110 cm³/mol. The number of nitrogens with zero attached hydrogens (tertiary/aromatic N) is 4. The molecular formula is C15H20N6O9S2. The number of carboxylic acids is 1. The van der Waals surface area contributed by atoms with Crippen LogP contribution in [0.5, 0.6) is 0 Å². The summed E-state index contributed by atoms with van der Waals surface area (Å²) in [7, 11) is -4.98. The van der Waals surface area contributed by atoms with Crippen LogP contribution < -0.4 is 11.1 Å².